The molecule has 0 radical (unpaired) electrons. The van der Waals surface area contributed by atoms with Crippen molar-refractivity contribution in [3.05, 3.63) is 81.5 Å². The lowest BCUT2D eigenvalue weighted by molar-refractivity contribution is 0.0523. The fourth-order valence-electron chi connectivity index (χ4n) is 2.96. The molecule has 29 heavy (non-hydrogen) atoms. The molecule has 4 rings (SSSR count). The number of halogens is 1. The highest BCUT2D eigenvalue weighted by atomic mass is 35.5. The molecule has 0 bridgehead atoms. The SMILES string of the molecule is O=C(OCCN(C1=NS(=O)(=O)c2ccccc21)c1ccc(Cl)cc1)c1cccs1. The van der Waals surface area contributed by atoms with Crippen LogP contribution in [0.1, 0.15) is 15.2 Å². The van der Waals surface area contributed by atoms with Gasteiger partial charge in [-0.05, 0) is 47.8 Å². The van der Waals surface area contributed by atoms with Crippen molar-refractivity contribution in [1.82, 2.24) is 0 Å². The van der Waals surface area contributed by atoms with Gasteiger partial charge in [0.2, 0.25) is 0 Å². The average Bonchev–Trinajstić information content (AvgIpc) is 3.33. The van der Waals surface area contributed by atoms with Gasteiger partial charge in [0.05, 0.1) is 6.54 Å². The summed E-state index contributed by atoms with van der Waals surface area (Å²) in [5.74, 6) is -0.132. The van der Waals surface area contributed by atoms with Gasteiger partial charge in [-0.15, -0.1) is 15.7 Å². The first-order chi connectivity index (χ1) is 14.0. The molecule has 0 spiro atoms. The Labute approximate surface area is 177 Å². The highest BCUT2D eigenvalue weighted by Gasteiger charge is 2.32. The van der Waals surface area contributed by atoms with E-state index in [1.807, 2.05) is 0 Å². The Morgan fingerprint density at radius 2 is 1.83 bits per heavy atom. The van der Waals surface area contributed by atoms with Crippen molar-refractivity contribution in [1.29, 1.82) is 0 Å². The molecule has 0 N–H and O–H groups in total. The van der Waals surface area contributed by atoms with Crippen LogP contribution in [0.3, 0.4) is 0 Å². The van der Waals surface area contributed by atoms with E-state index in [0.29, 0.717) is 21.2 Å². The van der Waals surface area contributed by atoms with Gasteiger partial charge >= 0.3 is 5.97 Å². The van der Waals surface area contributed by atoms with E-state index in [9.17, 15) is 13.2 Å². The van der Waals surface area contributed by atoms with E-state index in [0.717, 1.165) is 0 Å². The number of nitrogens with zero attached hydrogens (tertiary/aromatic N) is 2. The molecule has 2 aromatic carbocycles. The van der Waals surface area contributed by atoms with Crippen molar-refractivity contribution in [2.24, 2.45) is 4.40 Å². The number of hydrogen-bond donors (Lipinski definition) is 0. The minimum absolute atomic E-state index is 0.0561. The van der Waals surface area contributed by atoms with Crippen LogP contribution in [0.15, 0.2) is 75.3 Å². The van der Waals surface area contributed by atoms with Crippen LogP contribution in [0, 0.1) is 0 Å². The van der Waals surface area contributed by atoms with Crippen LogP contribution < -0.4 is 4.90 Å². The molecule has 0 aliphatic carbocycles. The fraction of sp³-hybridized carbons (Fsp3) is 0.100. The normalized spacial score (nSPS) is 14.2. The summed E-state index contributed by atoms with van der Waals surface area (Å²) >= 11 is 7.29. The van der Waals surface area contributed by atoms with Gasteiger partial charge in [-0.25, -0.2) is 4.79 Å². The second kappa shape index (κ2) is 7.98. The fourth-order valence-corrected chi connectivity index (χ4v) is 4.91. The molecule has 1 aromatic heterocycles. The summed E-state index contributed by atoms with van der Waals surface area (Å²) in [6, 6.07) is 17.0. The van der Waals surface area contributed by atoms with E-state index in [-0.39, 0.29) is 23.9 Å². The number of anilines is 1. The zero-order valence-electron chi connectivity index (χ0n) is 15.0. The minimum Gasteiger partial charge on any atom is -0.460 e. The molecular formula is C20H15ClN2O4S2. The van der Waals surface area contributed by atoms with Gasteiger partial charge in [0.1, 0.15) is 16.4 Å². The van der Waals surface area contributed by atoms with Crippen LogP contribution in [0.4, 0.5) is 5.69 Å². The van der Waals surface area contributed by atoms with E-state index in [2.05, 4.69) is 4.40 Å². The second-order valence-electron chi connectivity index (χ2n) is 6.13. The van der Waals surface area contributed by atoms with Crippen LogP contribution in [0.25, 0.3) is 0 Å². The smallest absolute Gasteiger partial charge is 0.348 e. The number of esters is 1. The molecule has 0 atom stereocenters. The zero-order chi connectivity index (χ0) is 20.4. The summed E-state index contributed by atoms with van der Waals surface area (Å²) in [4.78, 5) is 14.5. The van der Waals surface area contributed by atoms with E-state index < -0.39 is 16.0 Å². The number of thiophene rings is 1. The van der Waals surface area contributed by atoms with Gasteiger partial charge in [0, 0.05) is 16.3 Å². The third kappa shape index (κ3) is 4.05. The van der Waals surface area contributed by atoms with Crippen molar-refractivity contribution in [2.45, 2.75) is 4.90 Å². The molecule has 1 aliphatic rings. The van der Waals surface area contributed by atoms with E-state index in [1.54, 1.807) is 64.9 Å². The Bertz CT molecular complexity index is 1170. The van der Waals surface area contributed by atoms with Gasteiger partial charge < -0.3 is 9.64 Å². The van der Waals surface area contributed by atoms with Gasteiger partial charge in [0.15, 0.2) is 5.84 Å². The average molecular weight is 447 g/mol. The molecule has 148 valence electrons. The number of sulfonamides is 1. The maximum absolute atomic E-state index is 12.5. The lowest BCUT2D eigenvalue weighted by Crippen LogP contribution is -2.34. The third-order valence-corrected chi connectivity index (χ3v) is 6.70. The molecule has 0 saturated carbocycles. The predicted octanol–water partition coefficient (Wildman–Crippen LogP) is 4.21. The predicted molar refractivity (Wildman–Crippen MR) is 114 cm³/mol. The summed E-state index contributed by atoms with van der Waals surface area (Å²) in [6.07, 6.45) is 0. The molecule has 0 fully saturated rings. The van der Waals surface area contributed by atoms with Gasteiger partial charge in [-0.2, -0.15) is 8.42 Å². The van der Waals surface area contributed by atoms with E-state index in [4.69, 9.17) is 16.3 Å². The zero-order valence-corrected chi connectivity index (χ0v) is 17.4. The number of hydrogen-bond acceptors (Lipinski definition) is 6. The molecule has 1 aliphatic heterocycles. The molecule has 3 aromatic rings. The first-order valence-corrected chi connectivity index (χ1v) is 11.3. The number of amidine groups is 1. The number of carbonyl (C=O) groups is 1. The number of benzene rings is 2. The molecular weight excluding hydrogens is 432 g/mol. The Hall–Kier alpha value is -2.68. The molecule has 0 unspecified atom stereocenters. The van der Waals surface area contributed by atoms with Crippen molar-refractivity contribution >= 4 is 50.5 Å². The quantitative estimate of drug-likeness (QED) is 0.548. The Morgan fingerprint density at radius 1 is 1.07 bits per heavy atom. The number of carbonyl (C=O) groups excluding carboxylic acids is 1. The number of rotatable bonds is 5. The molecule has 2 heterocycles. The lowest BCUT2D eigenvalue weighted by atomic mass is 10.1. The van der Waals surface area contributed by atoms with Crippen molar-refractivity contribution in [2.75, 3.05) is 18.1 Å². The van der Waals surface area contributed by atoms with Gasteiger partial charge in [-0.3, -0.25) is 0 Å². The first-order valence-electron chi connectivity index (χ1n) is 8.64. The molecule has 0 amide bonds. The number of fused-ring (bicyclic) bond motifs is 1. The number of ether oxygens (including phenoxy) is 1. The van der Waals surface area contributed by atoms with Crippen LogP contribution in [0.5, 0.6) is 0 Å². The van der Waals surface area contributed by atoms with Crippen LogP contribution >= 0.6 is 22.9 Å². The Balaban J connectivity index is 1.63. The standard InChI is InChI=1S/C20H15ClN2O4S2/c21-14-7-9-15(10-8-14)23(11-12-27-20(24)17-5-3-13-28-17)19-16-4-1-2-6-18(16)29(25,26)22-19/h1-10,13H,11-12H2. The highest BCUT2D eigenvalue weighted by Crippen LogP contribution is 2.30. The van der Waals surface area contributed by atoms with Gasteiger partial charge in [0.25, 0.3) is 10.0 Å². The first kappa shape index (κ1) is 19.6. The van der Waals surface area contributed by atoms with E-state index >= 15 is 0 Å². The van der Waals surface area contributed by atoms with Gasteiger partial charge in [-0.1, -0.05) is 29.8 Å². The van der Waals surface area contributed by atoms with Crippen LogP contribution in [0.2, 0.25) is 5.02 Å². The Morgan fingerprint density at radius 3 is 2.55 bits per heavy atom. The largest absolute Gasteiger partial charge is 0.460 e. The topological polar surface area (TPSA) is 76.0 Å². The molecule has 0 saturated heterocycles. The monoisotopic (exact) mass is 446 g/mol. The Kier molecular flexibility index (Phi) is 5.40. The van der Waals surface area contributed by atoms with E-state index in [1.165, 1.54) is 17.4 Å². The summed E-state index contributed by atoms with van der Waals surface area (Å²) in [6.45, 7) is 0.280. The summed E-state index contributed by atoms with van der Waals surface area (Å²) in [7, 11) is -3.78. The molecule has 6 nitrogen and oxygen atoms in total. The summed E-state index contributed by atoms with van der Waals surface area (Å²) in [5.41, 5.74) is 1.19. The third-order valence-electron chi connectivity index (χ3n) is 4.28. The summed E-state index contributed by atoms with van der Waals surface area (Å²) in [5, 5.41) is 2.35. The molecule has 9 heteroatoms. The van der Waals surface area contributed by atoms with Crippen LogP contribution in [-0.2, 0) is 14.8 Å². The minimum atomic E-state index is -3.78. The summed E-state index contributed by atoms with van der Waals surface area (Å²) < 4.78 is 34.3. The highest BCUT2D eigenvalue weighted by molar-refractivity contribution is 7.90. The van der Waals surface area contributed by atoms with Crippen LogP contribution in [-0.4, -0.2) is 33.4 Å². The second-order valence-corrected chi connectivity index (χ2v) is 9.08. The maximum atomic E-state index is 12.5. The van der Waals surface area contributed by atoms with Crippen molar-refractivity contribution in [3.8, 4) is 0 Å². The lowest BCUT2D eigenvalue weighted by Gasteiger charge is -2.24. The van der Waals surface area contributed by atoms with Crippen molar-refractivity contribution in [3.63, 3.8) is 0 Å². The maximum Gasteiger partial charge on any atom is 0.348 e. The van der Waals surface area contributed by atoms with Crippen molar-refractivity contribution < 1.29 is 17.9 Å².